The maximum absolute atomic E-state index is 14.2. The van der Waals surface area contributed by atoms with Crippen LogP contribution in [0.3, 0.4) is 0 Å². The molecule has 146 valence electrons. The lowest BCUT2D eigenvalue weighted by atomic mass is 10.1. The van der Waals surface area contributed by atoms with Crippen LogP contribution in [0.5, 0.6) is 0 Å². The van der Waals surface area contributed by atoms with E-state index in [4.69, 9.17) is 5.73 Å². The highest BCUT2D eigenvalue weighted by molar-refractivity contribution is 7.84. The summed E-state index contributed by atoms with van der Waals surface area (Å²) < 4.78 is 27.6. The number of imidazole rings is 1. The highest BCUT2D eigenvalue weighted by Crippen LogP contribution is 2.28. The highest BCUT2D eigenvalue weighted by Gasteiger charge is 2.13. The summed E-state index contributed by atoms with van der Waals surface area (Å²) in [5, 5.41) is 3.30. The van der Waals surface area contributed by atoms with E-state index < -0.39 is 22.5 Å². The number of fused-ring (bicyclic) bond motifs is 1. The molecule has 0 aliphatic carbocycles. The number of rotatable bonds is 5. The Hall–Kier alpha value is -3.52. The molecule has 2 heterocycles. The minimum Gasteiger partial charge on any atom is -0.366 e. The molecule has 0 radical (unpaired) electrons. The van der Waals surface area contributed by atoms with Gasteiger partial charge in [-0.1, -0.05) is 6.07 Å². The molecular formula is C21H17FN4O2S. The van der Waals surface area contributed by atoms with Gasteiger partial charge in [0.25, 0.3) is 5.91 Å². The van der Waals surface area contributed by atoms with E-state index >= 15 is 0 Å². The van der Waals surface area contributed by atoms with Crippen molar-refractivity contribution in [2.24, 2.45) is 5.73 Å². The first-order valence-corrected chi connectivity index (χ1v) is 10.3. The molecule has 1 unspecified atom stereocenters. The van der Waals surface area contributed by atoms with Crippen LogP contribution >= 0.6 is 0 Å². The van der Waals surface area contributed by atoms with Gasteiger partial charge in [-0.2, -0.15) is 0 Å². The standard InChI is InChI=1S/C21H17FN4O2S/c1-29(28)15-5-3-14(4-6-15)25-18-8-9-19(26-11-10-24-21(18)26)13-2-7-16(20(23)27)17(22)12-13/h2-12,25H,1H3,(H2,23,27). The average Bonchev–Trinajstić information content (AvgIpc) is 3.18. The third-order valence-corrected chi connectivity index (χ3v) is 5.48. The lowest BCUT2D eigenvalue weighted by Crippen LogP contribution is -2.13. The zero-order chi connectivity index (χ0) is 20.5. The van der Waals surface area contributed by atoms with Gasteiger partial charge in [0, 0.05) is 45.6 Å². The van der Waals surface area contributed by atoms with Crippen molar-refractivity contribution in [3.8, 4) is 11.3 Å². The smallest absolute Gasteiger partial charge is 0.251 e. The van der Waals surface area contributed by atoms with Crippen molar-refractivity contribution in [1.29, 1.82) is 0 Å². The van der Waals surface area contributed by atoms with E-state index in [1.54, 1.807) is 36.8 Å². The summed E-state index contributed by atoms with van der Waals surface area (Å²) in [6.45, 7) is 0. The Labute approximate surface area is 168 Å². The maximum Gasteiger partial charge on any atom is 0.251 e. The summed E-state index contributed by atoms with van der Waals surface area (Å²) in [7, 11) is -1.03. The van der Waals surface area contributed by atoms with Crippen LogP contribution in [-0.4, -0.2) is 25.8 Å². The largest absolute Gasteiger partial charge is 0.366 e. The third-order valence-electron chi connectivity index (χ3n) is 4.54. The number of anilines is 2. The quantitative estimate of drug-likeness (QED) is 0.527. The topological polar surface area (TPSA) is 89.5 Å². The van der Waals surface area contributed by atoms with Crippen LogP contribution < -0.4 is 11.1 Å². The molecule has 4 aromatic rings. The van der Waals surface area contributed by atoms with Crippen molar-refractivity contribution in [1.82, 2.24) is 9.38 Å². The van der Waals surface area contributed by atoms with E-state index in [9.17, 15) is 13.4 Å². The number of hydrogen-bond acceptors (Lipinski definition) is 4. The summed E-state index contributed by atoms with van der Waals surface area (Å²) in [4.78, 5) is 16.4. The molecule has 2 aromatic carbocycles. The van der Waals surface area contributed by atoms with Crippen molar-refractivity contribution < 1.29 is 13.4 Å². The van der Waals surface area contributed by atoms with Gasteiger partial charge in [-0.05, 0) is 48.5 Å². The Balaban J connectivity index is 1.71. The van der Waals surface area contributed by atoms with Crippen molar-refractivity contribution in [2.75, 3.05) is 11.6 Å². The minimum atomic E-state index is -1.03. The fourth-order valence-corrected chi connectivity index (χ4v) is 3.63. The number of pyridine rings is 1. The molecule has 8 heteroatoms. The molecule has 0 aliphatic heterocycles. The normalized spacial score (nSPS) is 12.1. The molecule has 1 amide bonds. The summed E-state index contributed by atoms with van der Waals surface area (Å²) in [5.74, 6) is -1.47. The van der Waals surface area contributed by atoms with Crippen molar-refractivity contribution >= 4 is 33.7 Å². The predicted molar refractivity (Wildman–Crippen MR) is 111 cm³/mol. The second-order valence-corrected chi connectivity index (χ2v) is 7.80. The van der Waals surface area contributed by atoms with Gasteiger partial charge < -0.3 is 11.1 Å². The van der Waals surface area contributed by atoms with Crippen LogP contribution in [0.25, 0.3) is 16.9 Å². The Morgan fingerprint density at radius 3 is 2.55 bits per heavy atom. The van der Waals surface area contributed by atoms with Gasteiger partial charge in [-0.3, -0.25) is 13.4 Å². The molecule has 3 N–H and O–H groups in total. The summed E-state index contributed by atoms with van der Waals surface area (Å²) in [6.07, 6.45) is 5.06. The van der Waals surface area contributed by atoms with Crippen LogP contribution in [0.2, 0.25) is 0 Å². The SMILES string of the molecule is CS(=O)c1ccc(Nc2ccc(-c3ccc(C(N)=O)c(F)c3)n3ccnc23)cc1. The zero-order valence-corrected chi connectivity index (χ0v) is 16.2. The fraction of sp³-hybridized carbons (Fsp3) is 0.0476. The van der Waals surface area contributed by atoms with Crippen LogP contribution in [0.4, 0.5) is 15.8 Å². The number of nitrogens with one attached hydrogen (secondary N) is 1. The monoisotopic (exact) mass is 408 g/mol. The van der Waals surface area contributed by atoms with Gasteiger partial charge in [-0.15, -0.1) is 0 Å². The van der Waals surface area contributed by atoms with Gasteiger partial charge in [0.15, 0.2) is 5.65 Å². The van der Waals surface area contributed by atoms with Gasteiger partial charge in [-0.25, -0.2) is 9.37 Å². The number of hydrogen-bond donors (Lipinski definition) is 2. The Bertz CT molecular complexity index is 1250. The molecule has 1 atom stereocenters. The van der Waals surface area contributed by atoms with Crippen molar-refractivity contribution in [3.63, 3.8) is 0 Å². The molecule has 0 fully saturated rings. The van der Waals surface area contributed by atoms with Crippen molar-refractivity contribution in [3.05, 3.63) is 78.4 Å². The summed E-state index contributed by atoms with van der Waals surface area (Å²) >= 11 is 0. The number of nitrogens with two attached hydrogens (primary N) is 1. The van der Waals surface area contributed by atoms with Gasteiger partial charge in [0.05, 0.1) is 16.9 Å². The Morgan fingerprint density at radius 2 is 1.90 bits per heavy atom. The van der Waals surface area contributed by atoms with Gasteiger partial charge in [0.1, 0.15) is 5.82 Å². The fourth-order valence-electron chi connectivity index (χ4n) is 3.11. The molecule has 2 aromatic heterocycles. The second kappa shape index (κ2) is 7.48. The number of primary amides is 1. The average molecular weight is 408 g/mol. The zero-order valence-electron chi connectivity index (χ0n) is 15.4. The molecule has 4 rings (SSSR count). The second-order valence-electron chi connectivity index (χ2n) is 6.42. The first-order chi connectivity index (χ1) is 13.9. The minimum absolute atomic E-state index is 0.148. The van der Waals surface area contributed by atoms with E-state index in [1.165, 1.54) is 12.1 Å². The van der Waals surface area contributed by atoms with Crippen LogP contribution in [-0.2, 0) is 10.8 Å². The first kappa shape index (κ1) is 18.8. The molecular weight excluding hydrogens is 391 g/mol. The predicted octanol–water partition coefficient (Wildman–Crippen LogP) is 3.72. The van der Waals surface area contributed by atoms with E-state index in [2.05, 4.69) is 10.3 Å². The van der Waals surface area contributed by atoms with Gasteiger partial charge in [0.2, 0.25) is 0 Å². The molecule has 29 heavy (non-hydrogen) atoms. The first-order valence-electron chi connectivity index (χ1n) is 8.70. The number of nitrogens with zero attached hydrogens (tertiary/aromatic N) is 2. The van der Waals surface area contributed by atoms with E-state index in [0.717, 1.165) is 22.0 Å². The lowest BCUT2D eigenvalue weighted by molar-refractivity contribution is 0.0996. The maximum atomic E-state index is 14.2. The molecule has 0 saturated heterocycles. The molecule has 0 saturated carbocycles. The van der Waals surface area contributed by atoms with E-state index in [0.29, 0.717) is 11.2 Å². The number of carbonyl (C=O) groups excluding carboxylic acids is 1. The Kier molecular flexibility index (Phi) is 4.85. The molecule has 0 spiro atoms. The van der Waals surface area contributed by atoms with Crippen molar-refractivity contribution in [2.45, 2.75) is 4.90 Å². The number of amides is 1. The lowest BCUT2D eigenvalue weighted by Gasteiger charge is -2.12. The molecule has 0 aliphatic rings. The van der Waals surface area contributed by atoms with Crippen LogP contribution in [0.1, 0.15) is 10.4 Å². The number of carbonyl (C=O) groups is 1. The molecule has 0 bridgehead atoms. The summed E-state index contributed by atoms with van der Waals surface area (Å²) in [5.41, 5.74) is 8.59. The van der Waals surface area contributed by atoms with Gasteiger partial charge >= 0.3 is 0 Å². The van der Waals surface area contributed by atoms with Crippen LogP contribution in [0, 0.1) is 5.82 Å². The summed E-state index contributed by atoms with van der Waals surface area (Å²) in [6, 6.07) is 15.3. The highest BCUT2D eigenvalue weighted by atomic mass is 32.2. The molecule has 6 nitrogen and oxygen atoms in total. The number of aromatic nitrogens is 2. The number of halogens is 1. The Morgan fingerprint density at radius 1 is 1.14 bits per heavy atom. The number of benzene rings is 2. The van der Waals surface area contributed by atoms with E-state index in [-0.39, 0.29) is 5.56 Å². The van der Waals surface area contributed by atoms with Crippen LogP contribution in [0.15, 0.2) is 71.9 Å². The third kappa shape index (κ3) is 3.62. The van der Waals surface area contributed by atoms with E-state index in [1.807, 2.05) is 28.7 Å².